The highest BCUT2D eigenvalue weighted by Gasteiger charge is 2.13. The number of hydrogen-bond acceptors (Lipinski definition) is 3. The van der Waals surface area contributed by atoms with E-state index in [2.05, 4.69) is 10.3 Å². The first-order valence-electron chi connectivity index (χ1n) is 6.05. The normalized spacial score (nSPS) is 10.7. The zero-order valence-corrected chi connectivity index (χ0v) is 12.3. The van der Waals surface area contributed by atoms with Crippen LogP contribution in [0.2, 0.25) is 5.15 Å². The second-order valence-electron chi connectivity index (χ2n) is 4.45. The summed E-state index contributed by atoms with van der Waals surface area (Å²) in [5.74, 6) is -0.170. The van der Waals surface area contributed by atoms with Crippen LogP contribution >= 0.6 is 22.9 Å². The molecule has 2 heterocycles. The first kappa shape index (κ1) is 13.1. The fourth-order valence-corrected chi connectivity index (χ4v) is 3.07. The molecule has 2 aromatic heterocycles. The highest BCUT2D eigenvalue weighted by molar-refractivity contribution is 7.17. The minimum absolute atomic E-state index is 0.170. The van der Waals surface area contributed by atoms with E-state index >= 15 is 0 Å². The van der Waals surface area contributed by atoms with Gasteiger partial charge in [0, 0.05) is 21.7 Å². The highest BCUT2D eigenvalue weighted by Crippen LogP contribution is 2.27. The van der Waals surface area contributed by atoms with Gasteiger partial charge in [-0.25, -0.2) is 4.98 Å². The number of amides is 1. The Balaban J connectivity index is 1.95. The molecule has 0 atom stereocenters. The third-order valence-electron chi connectivity index (χ3n) is 2.95. The van der Waals surface area contributed by atoms with Crippen molar-refractivity contribution in [1.82, 2.24) is 4.98 Å². The smallest absolute Gasteiger partial charge is 0.257 e. The number of carbonyl (C=O) groups excluding carboxylic acids is 1. The van der Waals surface area contributed by atoms with E-state index in [1.165, 1.54) is 0 Å². The van der Waals surface area contributed by atoms with Gasteiger partial charge >= 0.3 is 0 Å². The molecule has 0 bridgehead atoms. The minimum atomic E-state index is -0.170. The van der Waals surface area contributed by atoms with Crippen LogP contribution < -0.4 is 5.32 Å². The van der Waals surface area contributed by atoms with Gasteiger partial charge in [0.2, 0.25) is 0 Å². The van der Waals surface area contributed by atoms with Gasteiger partial charge in [0.1, 0.15) is 0 Å². The third-order valence-corrected chi connectivity index (χ3v) is 4.21. The lowest BCUT2D eigenvalue weighted by Gasteiger charge is -2.06. The van der Waals surface area contributed by atoms with Gasteiger partial charge in [-0.1, -0.05) is 29.8 Å². The van der Waals surface area contributed by atoms with Gasteiger partial charge in [-0.05, 0) is 24.6 Å². The zero-order chi connectivity index (χ0) is 14.1. The number of nitrogens with zero attached hydrogens (tertiary/aromatic N) is 1. The zero-order valence-electron chi connectivity index (χ0n) is 10.7. The average molecular weight is 303 g/mol. The molecule has 0 fully saturated rings. The van der Waals surface area contributed by atoms with E-state index in [1.807, 2.05) is 42.6 Å². The van der Waals surface area contributed by atoms with Crippen molar-refractivity contribution in [3.63, 3.8) is 0 Å². The Morgan fingerprint density at radius 3 is 3.00 bits per heavy atom. The third kappa shape index (κ3) is 2.40. The Morgan fingerprint density at radius 2 is 2.15 bits per heavy atom. The van der Waals surface area contributed by atoms with Gasteiger partial charge in [-0.3, -0.25) is 4.79 Å². The van der Waals surface area contributed by atoms with E-state index in [0.717, 1.165) is 15.6 Å². The molecule has 100 valence electrons. The van der Waals surface area contributed by atoms with E-state index in [-0.39, 0.29) is 5.91 Å². The van der Waals surface area contributed by atoms with Crippen molar-refractivity contribution in [3.05, 3.63) is 58.2 Å². The van der Waals surface area contributed by atoms with Crippen molar-refractivity contribution < 1.29 is 4.79 Å². The molecule has 0 saturated heterocycles. The molecule has 0 unspecified atom stereocenters. The molecular weight excluding hydrogens is 292 g/mol. The quantitative estimate of drug-likeness (QED) is 0.708. The Morgan fingerprint density at radius 1 is 1.35 bits per heavy atom. The fourth-order valence-electron chi connectivity index (χ4n) is 1.98. The molecule has 5 heteroatoms. The highest BCUT2D eigenvalue weighted by atomic mass is 35.5. The topological polar surface area (TPSA) is 42.0 Å². The van der Waals surface area contributed by atoms with Gasteiger partial charge in [0.05, 0.1) is 11.3 Å². The fraction of sp³-hybridized carbons (Fsp3) is 0.0667. The van der Waals surface area contributed by atoms with Gasteiger partial charge in [0.25, 0.3) is 5.91 Å². The number of halogens is 1. The molecule has 0 radical (unpaired) electrons. The molecule has 0 spiro atoms. The SMILES string of the molecule is Cc1cnc(Cl)c(NC(=O)c2csc3ccccc23)c1. The van der Waals surface area contributed by atoms with Crippen LogP contribution in [0.15, 0.2) is 41.9 Å². The van der Waals surface area contributed by atoms with Crippen molar-refractivity contribution >= 4 is 44.6 Å². The average Bonchev–Trinajstić information content (AvgIpc) is 2.87. The maximum absolute atomic E-state index is 12.4. The van der Waals surface area contributed by atoms with Crippen molar-refractivity contribution in [3.8, 4) is 0 Å². The Hall–Kier alpha value is -1.91. The first-order valence-corrected chi connectivity index (χ1v) is 7.30. The van der Waals surface area contributed by atoms with Crippen molar-refractivity contribution in [2.45, 2.75) is 6.92 Å². The predicted octanol–water partition coefficient (Wildman–Crippen LogP) is 4.51. The van der Waals surface area contributed by atoms with Gasteiger partial charge in [-0.2, -0.15) is 0 Å². The summed E-state index contributed by atoms with van der Waals surface area (Å²) < 4.78 is 1.09. The summed E-state index contributed by atoms with van der Waals surface area (Å²) in [5, 5.41) is 5.92. The summed E-state index contributed by atoms with van der Waals surface area (Å²) in [7, 11) is 0. The number of fused-ring (bicyclic) bond motifs is 1. The summed E-state index contributed by atoms with van der Waals surface area (Å²) in [6.07, 6.45) is 1.66. The monoisotopic (exact) mass is 302 g/mol. The molecule has 0 saturated carbocycles. The number of nitrogens with one attached hydrogen (secondary N) is 1. The number of aromatic nitrogens is 1. The summed E-state index contributed by atoms with van der Waals surface area (Å²) in [6, 6.07) is 9.63. The molecule has 0 aliphatic carbocycles. The van der Waals surface area contributed by atoms with E-state index < -0.39 is 0 Å². The van der Waals surface area contributed by atoms with Crippen LogP contribution in [-0.4, -0.2) is 10.9 Å². The Labute approximate surface area is 125 Å². The van der Waals surface area contributed by atoms with Crippen LogP contribution in [0.3, 0.4) is 0 Å². The first-order chi connectivity index (χ1) is 9.65. The minimum Gasteiger partial charge on any atom is -0.319 e. The summed E-state index contributed by atoms with van der Waals surface area (Å²) >= 11 is 7.55. The van der Waals surface area contributed by atoms with Crippen LogP contribution in [0, 0.1) is 6.92 Å². The van der Waals surface area contributed by atoms with Crippen LogP contribution in [0.25, 0.3) is 10.1 Å². The molecular formula is C15H11ClN2OS. The number of anilines is 1. The maximum atomic E-state index is 12.4. The van der Waals surface area contributed by atoms with E-state index in [1.54, 1.807) is 17.5 Å². The van der Waals surface area contributed by atoms with Crippen LogP contribution in [0.1, 0.15) is 15.9 Å². The molecule has 3 rings (SSSR count). The number of rotatable bonds is 2. The molecule has 3 nitrogen and oxygen atoms in total. The molecule has 20 heavy (non-hydrogen) atoms. The van der Waals surface area contributed by atoms with Crippen LogP contribution in [0.4, 0.5) is 5.69 Å². The predicted molar refractivity (Wildman–Crippen MR) is 83.8 cm³/mol. The van der Waals surface area contributed by atoms with Crippen LogP contribution in [-0.2, 0) is 0 Å². The number of benzene rings is 1. The number of aryl methyl sites for hydroxylation is 1. The number of carbonyl (C=O) groups is 1. The molecule has 0 aliphatic heterocycles. The molecule has 1 amide bonds. The molecule has 1 aromatic carbocycles. The van der Waals surface area contributed by atoms with Gasteiger partial charge < -0.3 is 5.32 Å². The maximum Gasteiger partial charge on any atom is 0.257 e. The Kier molecular flexibility index (Phi) is 3.42. The second kappa shape index (κ2) is 5.23. The molecule has 0 aliphatic rings. The summed E-state index contributed by atoms with van der Waals surface area (Å²) in [6.45, 7) is 1.90. The van der Waals surface area contributed by atoms with Crippen molar-refractivity contribution in [2.75, 3.05) is 5.32 Å². The number of hydrogen-bond donors (Lipinski definition) is 1. The van der Waals surface area contributed by atoms with Gasteiger partial charge in [-0.15, -0.1) is 11.3 Å². The lowest BCUT2D eigenvalue weighted by Crippen LogP contribution is -2.12. The van der Waals surface area contributed by atoms with Gasteiger partial charge in [0.15, 0.2) is 5.15 Å². The summed E-state index contributed by atoms with van der Waals surface area (Å²) in [5.41, 5.74) is 2.13. The largest absolute Gasteiger partial charge is 0.319 e. The van der Waals surface area contributed by atoms with Crippen molar-refractivity contribution in [1.29, 1.82) is 0 Å². The van der Waals surface area contributed by atoms with E-state index in [9.17, 15) is 4.79 Å². The molecule has 3 aromatic rings. The van der Waals surface area contributed by atoms with Crippen molar-refractivity contribution in [2.24, 2.45) is 0 Å². The summed E-state index contributed by atoms with van der Waals surface area (Å²) in [4.78, 5) is 16.4. The van der Waals surface area contributed by atoms with Crippen LogP contribution in [0.5, 0.6) is 0 Å². The second-order valence-corrected chi connectivity index (χ2v) is 5.72. The number of thiophene rings is 1. The lowest BCUT2D eigenvalue weighted by molar-refractivity contribution is 0.102. The standard InChI is InChI=1S/C15H11ClN2OS/c1-9-6-12(14(16)17-7-9)18-15(19)11-8-20-13-5-3-2-4-10(11)13/h2-8H,1H3,(H,18,19). The number of pyridine rings is 1. The molecule has 1 N–H and O–H groups in total. The van der Waals surface area contributed by atoms with E-state index in [4.69, 9.17) is 11.6 Å². The lowest BCUT2D eigenvalue weighted by atomic mass is 10.1. The van der Waals surface area contributed by atoms with E-state index in [0.29, 0.717) is 16.4 Å². The Bertz CT molecular complexity index is 797.